The molecular weight excluding hydrogens is 306 g/mol. The average Bonchev–Trinajstić information content (AvgIpc) is 3.20. The fourth-order valence-corrected chi connectivity index (χ4v) is 3.26. The van der Waals surface area contributed by atoms with Gasteiger partial charge in [0.2, 0.25) is 5.91 Å². The molecule has 0 spiro atoms. The molecule has 0 radical (unpaired) electrons. The second-order valence-corrected chi connectivity index (χ2v) is 6.22. The van der Waals surface area contributed by atoms with Crippen molar-refractivity contribution in [2.24, 2.45) is 13.0 Å². The zero-order valence-corrected chi connectivity index (χ0v) is 13.8. The second kappa shape index (κ2) is 5.36. The van der Waals surface area contributed by atoms with Gasteiger partial charge in [-0.3, -0.25) is 9.89 Å². The largest absolute Gasteiger partial charge is 0.497 e. The van der Waals surface area contributed by atoms with Crippen LogP contribution in [-0.2, 0) is 11.8 Å². The van der Waals surface area contributed by atoms with Crippen molar-refractivity contribution in [1.29, 1.82) is 0 Å². The number of hydrogen-bond acceptors (Lipinski definition) is 4. The Labute approximate surface area is 139 Å². The van der Waals surface area contributed by atoms with E-state index >= 15 is 0 Å². The standard InChI is InChI=1S/C17H19N5O2/c1-9-14-15(19-20-16(14)22(2)21-9)18-17(23)13-8-12(13)10-5-4-6-11(7-10)24-3/h4-7,12-13H,8H2,1-3H3,(H2,18,19,20,23)/t12-,13-/m0/s1. The zero-order valence-electron chi connectivity index (χ0n) is 13.8. The van der Waals surface area contributed by atoms with Crippen molar-refractivity contribution < 1.29 is 9.53 Å². The lowest BCUT2D eigenvalue weighted by Crippen LogP contribution is -2.15. The number of H-pyrrole nitrogens is 1. The predicted molar refractivity (Wildman–Crippen MR) is 90.1 cm³/mol. The molecule has 124 valence electrons. The third-order valence-electron chi connectivity index (χ3n) is 4.61. The summed E-state index contributed by atoms with van der Waals surface area (Å²) >= 11 is 0. The first-order chi connectivity index (χ1) is 11.6. The van der Waals surface area contributed by atoms with Crippen molar-refractivity contribution >= 4 is 22.8 Å². The number of hydrogen-bond donors (Lipinski definition) is 2. The van der Waals surface area contributed by atoms with Crippen LogP contribution in [0.1, 0.15) is 23.6 Å². The van der Waals surface area contributed by atoms with Gasteiger partial charge in [0.25, 0.3) is 0 Å². The Hall–Kier alpha value is -2.83. The first-order valence-electron chi connectivity index (χ1n) is 7.91. The highest BCUT2D eigenvalue weighted by Gasteiger charge is 2.44. The molecule has 1 fully saturated rings. The molecule has 0 bridgehead atoms. The van der Waals surface area contributed by atoms with Crippen LogP contribution in [0.15, 0.2) is 24.3 Å². The molecule has 1 saturated carbocycles. The number of aryl methyl sites for hydroxylation is 2. The van der Waals surface area contributed by atoms with E-state index in [2.05, 4.69) is 20.6 Å². The molecule has 4 rings (SSSR count). The molecule has 7 nitrogen and oxygen atoms in total. The highest BCUT2D eigenvalue weighted by Crippen LogP contribution is 2.48. The Kier molecular flexibility index (Phi) is 3.30. The number of ether oxygens (including phenoxy) is 1. The van der Waals surface area contributed by atoms with Crippen molar-refractivity contribution in [3.63, 3.8) is 0 Å². The summed E-state index contributed by atoms with van der Waals surface area (Å²) in [5.74, 6) is 1.68. The zero-order chi connectivity index (χ0) is 16.8. The smallest absolute Gasteiger partial charge is 0.229 e. The number of methoxy groups -OCH3 is 1. The van der Waals surface area contributed by atoms with Crippen molar-refractivity contribution in [3.05, 3.63) is 35.5 Å². The third kappa shape index (κ3) is 2.33. The summed E-state index contributed by atoms with van der Waals surface area (Å²) in [5, 5.41) is 15.3. The second-order valence-electron chi connectivity index (χ2n) is 6.22. The van der Waals surface area contributed by atoms with Crippen molar-refractivity contribution in [1.82, 2.24) is 20.0 Å². The number of benzene rings is 1. The Morgan fingerprint density at radius 2 is 2.29 bits per heavy atom. The van der Waals surface area contributed by atoms with Crippen LogP contribution in [0.25, 0.3) is 11.0 Å². The Balaban J connectivity index is 1.51. The maximum Gasteiger partial charge on any atom is 0.229 e. The SMILES string of the molecule is COc1cccc([C@@H]2C[C@@H]2C(=O)Nc2[nH]nc3c2c(C)nn3C)c1. The van der Waals surface area contributed by atoms with Crippen molar-refractivity contribution in [3.8, 4) is 5.75 Å². The maximum absolute atomic E-state index is 12.6. The normalized spacial score (nSPS) is 19.5. The lowest BCUT2D eigenvalue weighted by Gasteiger charge is -2.05. The predicted octanol–water partition coefficient (Wildman–Crippen LogP) is 2.36. The quantitative estimate of drug-likeness (QED) is 0.771. The third-order valence-corrected chi connectivity index (χ3v) is 4.61. The van der Waals surface area contributed by atoms with Gasteiger partial charge in [0, 0.05) is 13.0 Å². The number of carbonyl (C=O) groups is 1. The van der Waals surface area contributed by atoms with E-state index in [9.17, 15) is 4.79 Å². The summed E-state index contributed by atoms with van der Waals surface area (Å²) in [6, 6.07) is 7.91. The molecule has 7 heteroatoms. The topological polar surface area (TPSA) is 84.8 Å². The molecule has 24 heavy (non-hydrogen) atoms. The average molecular weight is 325 g/mol. The van der Waals surface area contributed by atoms with Gasteiger partial charge < -0.3 is 10.1 Å². The number of aromatic amines is 1. The molecule has 3 aromatic rings. The number of nitrogens with zero attached hydrogens (tertiary/aromatic N) is 3. The lowest BCUT2D eigenvalue weighted by atomic mass is 10.1. The molecule has 2 heterocycles. The molecule has 1 aromatic carbocycles. The highest BCUT2D eigenvalue weighted by molar-refractivity contribution is 6.02. The number of aromatic nitrogens is 4. The Morgan fingerprint density at radius 1 is 1.46 bits per heavy atom. The number of fused-ring (bicyclic) bond motifs is 1. The van der Waals surface area contributed by atoms with E-state index in [-0.39, 0.29) is 17.7 Å². The van der Waals surface area contributed by atoms with E-state index in [1.165, 1.54) is 0 Å². The first kappa shape index (κ1) is 14.7. The van der Waals surface area contributed by atoms with Gasteiger partial charge in [-0.1, -0.05) is 12.1 Å². The van der Waals surface area contributed by atoms with Gasteiger partial charge in [-0.05, 0) is 37.0 Å². The van der Waals surface area contributed by atoms with Crippen LogP contribution in [0.5, 0.6) is 5.75 Å². The van der Waals surface area contributed by atoms with Gasteiger partial charge in [-0.2, -0.15) is 10.2 Å². The van der Waals surface area contributed by atoms with Gasteiger partial charge in [-0.25, -0.2) is 4.68 Å². The van der Waals surface area contributed by atoms with E-state index in [0.29, 0.717) is 5.82 Å². The van der Waals surface area contributed by atoms with Crippen LogP contribution in [0.3, 0.4) is 0 Å². The van der Waals surface area contributed by atoms with Gasteiger partial charge in [0.15, 0.2) is 5.65 Å². The minimum absolute atomic E-state index is 0.0108. The molecule has 2 atom stereocenters. The molecule has 2 aromatic heterocycles. The Bertz CT molecular complexity index is 926. The molecule has 1 amide bonds. The summed E-state index contributed by atoms with van der Waals surface area (Å²) < 4.78 is 6.96. The van der Waals surface area contributed by atoms with Gasteiger partial charge in [-0.15, -0.1) is 0 Å². The summed E-state index contributed by atoms with van der Waals surface area (Å²) in [6.45, 7) is 1.91. The maximum atomic E-state index is 12.6. The van der Waals surface area contributed by atoms with Gasteiger partial charge in [0.1, 0.15) is 11.6 Å². The molecule has 1 aliphatic rings. The molecule has 0 saturated heterocycles. The van der Waals surface area contributed by atoms with Gasteiger partial charge in [0.05, 0.1) is 18.2 Å². The highest BCUT2D eigenvalue weighted by atomic mass is 16.5. The van der Waals surface area contributed by atoms with Crippen LogP contribution in [-0.4, -0.2) is 33.0 Å². The fraction of sp³-hybridized carbons (Fsp3) is 0.353. The fourth-order valence-electron chi connectivity index (χ4n) is 3.26. The summed E-state index contributed by atoms with van der Waals surface area (Å²) in [6.07, 6.45) is 0.850. The number of anilines is 1. The molecule has 2 N–H and O–H groups in total. The molecule has 0 aliphatic heterocycles. The van der Waals surface area contributed by atoms with E-state index < -0.39 is 0 Å². The summed E-state index contributed by atoms with van der Waals surface area (Å²) in [5.41, 5.74) is 2.72. The van der Waals surface area contributed by atoms with E-state index in [4.69, 9.17) is 4.74 Å². The summed E-state index contributed by atoms with van der Waals surface area (Å²) in [7, 11) is 3.48. The van der Waals surface area contributed by atoms with Crippen molar-refractivity contribution in [2.75, 3.05) is 12.4 Å². The Morgan fingerprint density at radius 3 is 3.08 bits per heavy atom. The first-order valence-corrected chi connectivity index (χ1v) is 7.91. The monoisotopic (exact) mass is 325 g/mol. The van der Waals surface area contributed by atoms with Crippen LogP contribution in [0.4, 0.5) is 5.82 Å². The molecular formula is C17H19N5O2. The van der Waals surface area contributed by atoms with Gasteiger partial charge >= 0.3 is 0 Å². The lowest BCUT2D eigenvalue weighted by molar-refractivity contribution is -0.117. The minimum atomic E-state index is -0.0209. The number of rotatable bonds is 4. The number of nitrogens with one attached hydrogen (secondary N) is 2. The number of amides is 1. The summed E-state index contributed by atoms with van der Waals surface area (Å²) in [4.78, 5) is 12.6. The van der Waals surface area contributed by atoms with Crippen LogP contribution >= 0.6 is 0 Å². The van der Waals surface area contributed by atoms with E-state index in [1.807, 2.05) is 38.2 Å². The number of carbonyl (C=O) groups excluding carboxylic acids is 1. The minimum Gasteiger partial charge on any atom is -0.497 e. The van der Waals surface area contributed by atoms with Crippen LogP contribution in [0.2, 0.25) is 0 Å². The van der Waals surface area contributed by atoms with Crippen molar-refractivity contribution in [2.45, 2.75) is 19.3 Å². The van der Waals surface area contributed by atoms with Crippen LogP contribution < -0.4 is 10.1 Å². The van der Waals surface area contributed by atoms with E-state index in [1.54, 1.807) is 11.8 Å². The van der Waals surface area contributed by atoms with Crippen LogP contribution in [0, 0.1) is 12.8 Å². The van der Waals surface area contributed by atoms with E-state index in [0.717, 1.165) is 34.5 Å². The molecule has 1 aliphatic carbocycles. The molecule has 0 unspecified atom stereocenters.